The predicted octanol–water partition coefficient (Wildman–Crippen LogP) is 4.25. The lowest BCUT2D eigenvalue weighted by molar-refractivity contribution is -0.265. The summed E-state index contributed by atoms with van der Waals surface area (Å²) in [6.07, 6.45) is -4.72. The Bertz CT molecular complexity index is 1890. The van der Waals surface area contributed by atoms with Gasteiger partial charge in [0.25, 0.3) is 5.91 Å². The van der Waals surface area contributed by atoms with Gasteiger partial charge < -0.3 is 15.2 Å². The van der Waals surface area contributed by atoms with E-state index < -0.39 is 68.4 Å². The Kier molecular flexibility index (Phi) is 8.89. The number of alkyl halides is 3. The number of hydrogen-bond acceptors (Lipinski definition) is 8. The average molecular weight is 654 g/mol. The summed E-state index contributed by atoms with van der Waals surface area (Å²) in [5, 5.41) is 21.6. The fourth-order valence-corrected chi connectivity index (χ4v) is 5.71. The maximum absolute atomic E-state index is 15.9. The van der Waals surface area contributed by atoms with Crippen LogP contribution in [0.1, 0.15) is 41.2 Å². The highest BCUT2D eigenvalue weighted by atomic mass is 32.2. The second-order valence-electron chi connectivity index (χ2n) is 10.9. The van der Waals surface area contributed by atoms with Crippen LogP contribution in [0.3, 0.4) is 0 Å². The number of nitrogens with zero attached hydrogens (tertiary/aromatic N) is 3. The maximum atomic E-state index is 15.9. The van der Waals surface area contributed by atoms with Crippen LogP contribution in [0, 0.1) is 18.6 Å². The number of hydrogen-bond donors (Lipinski definition) is 3. The Balaban J connectivity index is 1.84. The van der Waals surface area contributed by atoms with Gasteiger partial charge in [-0.1, -0.05) is 0 Å². The number of carbonyl (C=O) groups excluding carboxylic acids is 1. The Morgan fingerprint density at radius 1 is 1.02 bits per heavy atom. The molecule has 0 saturated heterocycles. The van der Waals surface area contributed by atoms with E-state index in [-0.39, 0.29) is 16.9 Å². The van der Waals surface area contributed by atoms with Crippen molar-refractivity contribution in [3.8, 4) is 17.0 Å². The van der Waals surface area contributed by atoms with Gasteiger partial charge in [-0.2, -0.15) is 18.3 Å². The topological polar surface area (TPSA) is 143 Å². The van der Waals surface area contributed by atoms with Gasteiger partial charge in [0, 0.05) is 22.1 Å². The van der Waals surface area contributed by atoms with Gasteiger partial charge in [0.15, 0.2) is 5.82 Å². The van der Waals surface area contributed by atoms with Crippen LogP contribution in [0.2, 0.25) is 0 Å². The summed E-state index contributed by atoms with van der Waals surface area (Å²) in [7, 11) is -2.73. The molecular weight excluding hydrogens is 625 g/mol. The Hall–Kier alpha value is -4.28. The number of carbonyl (C=O) groups is 1. The third-order valence-corrected chi connectivity index (χ3v) is 7.73. The average Bonchev–Trinajstić information content (AvgIpc) is 2.93. The lowest BCUT2D eigenvalue weighted by atomic mass is 9.88. The molecule has 4 aromatic rings. The van der Waals surface area contributed by atoms with Gasteiger partial charge in [0.2, 0.25) is 15.6 Å². The minimum Gasteiger partial charge on any atom is -0.494 e. The van der Waals surface area contributed by atoms with Crippen LogP contribution in [0.4, 0.5) is 22.0 Å². The first-order valence-electron chi connectivity index (χ1n) is 13.1. The fraction of sp³-hybridized carbons (Fsp3) is 0.310. The monoisotopic (exact) mass is 653 g/mol. The minimum absolute atomic E-state index is 0.116. The highest BCUT2D eigenvalue weighted by Gasteiger charge is 2.57. The van der Waals surface area contributed by atoms with Crippen molar-refractivity contribution in [3.63, 3.8) is 0 Å². The van der Waals surface area contributed by atoms with Gasteiger partial charge in [-0.05, 0) is 69.3 Å². The van der Waals surface area contributed by atoms with Crippen LogP contribution >= 0.6 is 0 Å². The van der Waals surface area contributed by atoms with E-state index in [0.717, 1.165) is 30.5 Å². The Labute approximate surface area is 254 Å². The normalized spacial score (nSPS) is 13.8. The van der Waals surface area contributed by atoms with Crippen LogP contribution in [0.15, 0.2) is 48.5 Å². The molecule has 4 rings (SSSR count). The van der Waals surface area contributed by atoms with Crippen LogP contribution in [0.5, 0.6) is 5.75 Å². The summed E-state index contributed by atoms with van der Waals surface area (Å²) in [6, 6.07) is 8.68. The standard InChI is InChI=1S/C29H28F5N5O5S/c1-15-10-17-11-18(12-21(44-4)24(17)38-37-15)26(40)35-14-28(41,29(32,33)34)22-13-20(27(2,3)39-45(5,42)43)23(31)25(36-22)16-6-8-19(30)9-7-16/h6-13,39,41H,14H2,1-5H3,(H,35,40)/t28-/m0/s1. The third-order valence-electron chi connectivity index (χ3n) is 6.85. The van der Waals surface area contributed by atoms with E-state index in [1.54, 1.807) is 13.0 Å². The third kappa shape index (κ3) is 7.02. The van der Waals surface area contributed by atoms with Crippen molar-refractivity contribution in [2.75, 3.05) is 19.9 Å². The van der Waals surface area contributed by atoms with E-state index in [1.165, 1.54) is 33.1 Å². The Morgan fingerprint density at radius 3 is 2.24 bits per heavy atom. The number of pyridine rings is 1. The summed E-state index contributed by atoms with van der Waals surface area (Å²) < 4.78 is 105. The van der Waals surface area contributed by atoms with E-state index in [1.807, 2.05) is 0 Å². The van der Waals surface area contributed by atoms with E-state index in [0.29, 0.717) is 22.7 Å². The first-order valence-corrected chi connectivity index (χ1v) is 15.0. The number of nitrogens with one attached hydrogen (secondary N) is 2. The van der Waals surface area contributed by atoms with Crippen LogP contribution < -0.4 is 14.8 Å². The van der Waals surface area contributed by atoms with E-state index in [2.05, 4.69) is 25.2 Å². The van der Waals surface area contributed by atoms with Crippen molar-refractivity contribution in [1.82, 2.24) is 25.2 Å². The number of halogens is 5. The molecule has 3 N–H and O–H groups in total. The summed E-state index contributed by atoms with van der Waals surface area (Å²) in [5.74, 6) is -2.86. The SMILES string of the molecule is COc1cc(C(=O)NC[C@](O)(c2cc(C(C)(C)NS(C)(=O)=O)c(F)c(-c3ccc(F)cc3)n2)C(F)(F)F)cc2cc(C)nnc12. The number of fused-ring (bicyclic) bond motifs is 1. The van der Waals surface area contributed by atoms with Crippen molar-refractivity contribution < 1.29 is 45.0 Å². The van der Waals surface area contributed by atoms with E-state index in [4.69, 9.17) is 4.74 Å². The van der Waals surface area contributed by atoms with Gasteiger partial charge in [-0.25, -0.2) is 26.9 Å². The zero-order chi connectivity index (χ0) is 33.5. The lowest BCUT2D eigenvalue weighted by Gasteiger charge is -2.33. The van der Waals surface area contributed by atoms with E-state index in [9.17, 15) is 35.9 Å². The Morgan fingerprint density at radius 2 is 1.67 bits per heavy atom. The molecule has 16 heteroatoms. The molecule has 0 aliphatic carbocycles. The number of aliphatic hydroxyl groups is 1. The molecule has 1 atom stereocenters. The molecule has 1 amide bonds. The first kappa shape index (κ1) is 33.6. The zero-order valence-electron chi connectivity index (χ0n) is 24.5. The van der Waals surface area contributed by atoms with Crippen molar-refractivity contribution in [3.05, 3.63) is 82.7 Å². The molecule has 10 nitrogen and oxygen atoms in total. The molecular formula is C29H28F5N5O5S. The van der Waals surface area contributed by atoms with Crippen molar-refractivity contribution >= 4 is 26.8 Å². The molecule has 0 saturated carbocycles. The second-order valence-corrected chi connectivity index (χ2v) is 12.6. The van der Waals surface area contributed by atoms with Crippen LogP contribution in [-0.2, 0) is 21.2 Å². The number of benzene rings is 2. The molecule has 2 heterocycles. The predicted molar refractivity (Wildman–Crippen MR) is 154 cm³/mol. The molecule has 240 valence electrons. The highest BCUT2D eigenvalue weighted by Crippen LogP contribution is 2.41. The zero-order valence-corrected chi connectivity index (χ0v) is 25.4. The van der Waals surface area contributed by atoms with Crippen molar-refractivity contribution in [1.29, 1.82) is 0 Å². The fourth-order valence-electron chi connectivity index (χ4n) is 4.68. The molecule has 2 aromatic carbocycles. The number of aryl methyl sites for hydroxylation is 1. The molecule has 0 spiro atoms. The summed E-state index contributed by atoms with van der Waals surface area (Å²) >= 11 is 0. The van der Waals surface area contributed by atoms with Gasteiger partial charge in [-0.3, -0.25) is 4.79 Å². The second kappa shape index (κ2) is 11.9. The summed E-state index contributed by atoms with van der Waals surface area (Å²) in [6.45, 7) is 2.55. The molecule has 0 unspecified atom stereocenters. The molecule has 45 heavy (non-hydrogen) atoms. The number of sulfonamides is 1. The highest BCUT2D eigenvalue weighted by molar-refractivity contribution is 7.88. The number of aromatic nitrogens is 3. The van der Waals surface area contributed by atoms with Crippen molar-refractivity contribution in [2.24, 2.45) is 0 Å². The van der Waals surface area contributed by atoms with Crippen molar-refractivity contribution in [2.45, 2.75) is 38.1 Å². The summed E-state index contributed by atoms with van der Waals surface area (Å²) in [5.41, 5.74) is -7.76. The molecule has 0 aliphatic heterocycles. The van der Waals surface area contributed by atoms with Gasteiger partial charge in [0.05, 0.1) is 36.8 Å². The molecule has 0 bridgehead atoms. The largest absolute Gasteiger partial charge is 0.494 e. The first-order chi connectivity index (χ1) is 20.8. The van der Waals surface area contributed by atoms with Crippen LogP contribution in [-0.4, -0.2) is 60.7 Å². The minimum atomic E-state index is -5.50. The molecule has 2 aromatic heterocycles. The van der Waals surface area contributed by atoms with Gasteiger partial charge in [0.1, 0.15) is 22.8 Å². The van der Waals surface area contributed by atoms with Crippen LogP contribution in [0.25, 0.3) is 22.2 Å². The van der Waals surface area contributed by atoms with Gasteiger partial charge in [-0.15, -0.1) is 5.10 Å². The molecule has 0 fully saturated rings. The number of ether oxygens (including phenoxy) is 1. The number of methoxy groups -OCH3 is 1. The maximum Gasteiger partial charge on any atom is 0.424 e. The summed E-state index contributed by atoms with van der Waals surface area (Å²) in [4.78, 5) is 16.9. The van der Waals surface area contributed by atoms with Gasteiger partial charge >= 0.3 is 6.18 Å². The molecule has 0 aliphatic rings. The van der Waals surface area contributed by atoms with E-state index >= 15 is 4.39 Å². The quantitative estimate of drug-likeness (QED) is 0.228. The lowest BCUT2D eigenvalue weighted by Crippen LogP contribution is -2.52. The number of rotatable bonds is 9. The smallest absolute Gasteiger partial charge is 0.424 e. The molecule has 0 radical (unpaired) electrons. The number of amides is 1.